The predicted molar refractivity (Wildman–Crippen MR) is 68.2 cm³/mol. The van der Waals surface area contributed by atoms with Crippen LogP contribution in [0.15, 0.2) is 0 Å². The largest absolute Gasteiger partial charge is 0.357 e. The van der Waals surface area contributed by atoms with Crippen LogP contribution in [0, 0.1) is 0 Å². The molecule has 0 spiro atoms. The van der Waals surface area contributed by atoms with Gasteiger partial charge in [-0.2, -0.15) is 0 Å². The molecule has 0 aliphatic rings. The zero-order valence-corrected chi connectivity index (χ0v) is 11.3. The number of hydrogen-bond donors (Lipinski definition) is 3. The van der Waals surface area contributed by atoms with E-state index in [0.717, 1.165) is 19.4 Å². The van der Waals surface area contributed by atoms with Crippen LogP contribution < -0.4 is 16.0 Å². The zero-order chi connectivity index (χ0) is 11.7. The van der Waals surface area contributed by atoms with Crippen LogP contribution in [0.1, 0.15) is 19.3 Å². The number of nitrogens with one attached hydrogen (secondary N) is 3. The fourth-order valence-corrected chi connectivity index (χ4v) is 1.61. The van der Waals surface area contributed by atoms with Crippen LogP contribution in [0.4, 0.5) is 4.79 Å². The Kier molecular flexibility index (Phi) is 8.68. The van der Waals surface area contributed by atoms with Gasteiger partial charge >= 0.3 is 0 Å². The van der Waals surface area contributed by atoms with E-state index < -0.39 is 6.04 Å². The van der Waals surface area contributed by atoms with Crippen LogP contribution in [0.3, 0.4) is 0 Å². The number of unbranched alkanes of at least 4 members (excludes halogenated alkanes) is 1. The molecule has 0 aromatic carbocycles. The zero-order valence-electron chi connectivity index (χ0n) is 9.10. The molecular weight excluding hydrogens is 309 g/mol. The Hall–Kier alpha value is -0.370. The van der Waals surface area contributed by atoms with Gasteiger partial charge in [-0.25, -0.2) is 0 Å². The molecule has 0 aliphatic carbocycles. The Morgan fingerprint density at radius 3 is 2.40 bits per heavy atom. The molecule has 0 fully saturated rings. The number of halogens is 1. The first kappa shape index (κ1) is 14.6. The van der Waals surface area contributed by atoms with Gasteiger partial charge in [0.1, 0.15) is 6.04 Å². The molecule has 0 heterocycles. The molecule has 88 valence electrons. The van der Waals surface area contributed by atoms with Gasteiger partial charge in [-0.05, 0) is 32.9 Å². The molecule has 0 radical (unpaired) electrons. The molecule has 0 saturated heterocycles. The third-order valence-corrected chi connectivity index (χ3v) is 2.33. The van der Waals surface area contributed by atoms with Crippen molar-refractivity contribution >= 4 is 32.4 Å². The molecule has 0 rings (SSSR count). The molecule has 1 atom stereocenters. The van der Waals surface area contributed by atoms with Crippen molar-refractivity contribution in [3.63, 3.8) is 0 Å². The lowest BCUT2D eigenvalue weighted by Crippen LogP contribution is -2.43. The molecule has 1 unspecified atom stereocenters. The molecule has 0 aromatic rings. The lowest BCUT2D eigenvalue weighted by atomic mass is 10.1. The standard InChI is InChI=1S/C9H18IN3O2/c1-11-6-4-3-5-7(8(14)12-2)13-9(10)15/h7,11H,3-6H2,1-2H3,(H,12,14)(H,13,15). The van der Waals surface area contributed by atoms with E-state index in [4.69, 9.17) is 0 Å². The highest BCUT2D eigenvalue weighted by atomic mass is 127. The molecule has 0 saturated carbocycles. The molecule has 5 nitrogen and oxygen atoms in total. The van der Waals surface area contributed by atoms with Crippen molar-refractivity contribution in [2.75, 3.05) is 20.6 Å². The van der Waals surface area contributed by atoms with Crippen LogP contribution in [0.5, 0.6) is 0 Å². The van der Waals surface area contributed by atoms with E-state index in [1.807, 2.05) is 7.05 Å². The maximum absolute atomic E-state index is 11.4. The van der Waals surface area contributed by atoms with Gasteiger partial charge < -0.3 is 16.0 Å². The quantitative estimate of drug-likeness (QED) is 0.278. The van der Waals surface area contributed by atoms with Crippen LogP contribution in [-0.2, 0) is 4.79 Å². The van der Waals surface area contributed by atoms with E-state index in [9.17, 15) is 9.59 Å². The Balaban J connectivity index is 3.90. The first-order valence-electron chi connectivity index (χ1n) is 4.94. The summed E-state index contributed by atoms with van der Waals surface area (Å²) in [7, 11) is 3.46. The maximum atomic E-state index is 11.4. The summed E-state index contributed by atoms with van der Waals surface area (Å²) in [4.78, 5) is 22.2. The van der Waals surface area contributed by atoms with Crippen molar-refractivity contribution < 1.29 is 9.59 Å². The highest BCUT2D eigenvalue weighted by molar-refractivity contribution is 14.1. The molecule has 6 heteroatoms. The normalized spacial score (nSPS) is 11.9. The summed E-state index contributed by atoms with van der Waals surface area (Å²) in [5.74, 6) is -0.135. The van der Waals surface area contributed by atoms with Crippen molar-refractivity contribution in [3.8, 4) is 0 Å². The first-order chi connectivity index (χ1) is 7.11. The van der Waals surface area contributed by atoms with E-state index in [1.54, 1.807) is 29.6 Å². The molecule has 0 aliphatic heterocycles. The van der Waals surface area contributed by atoms with Gasteiger partial charge in [-0.15, -0.1) is 0 Å². The number of hydrogen-bond acceptors (Lipinski definition) is 3. The minimum absolute atomic E-state index is 0.135. The SMILES string of the molecule is CNCCCCC(NC(=O)I)C(=O)NC. The third-order valence-electron chi connectivity index (χ3n) is 2.02. The minimum Gasteiger partial charge on any atom is -0.357 e. The van der Waals surface area contributed by atoms with Crippen LogP contribution in [-0.4, -0.2) is 36.5 Å². The van der Waals surface area contributed by atoms with Crippen LogP contribution in [0.25, 0.3) is 0 Å². The highest BCUT2D eigenvalue weighted by Gasteiger charge is 2.17. The lowest BCUT2D eigenvalue weighted by Gasteiger charge is -2.15. The third kappa shape index (κ3) is 7.55. The highest BCUT2D eigenvalue weighted by Crippen LogP contribution is 2.02. The number of rotatable bonds is 7. The second-order valence-corrected chi connectivity index (χ2v) is 4.16. The van der Waals surface area contributed by atoms with E-state index in [1.165, 1.54) is 0 Å². The molecule has 15 heavy (non-hydrogen) atoms. The van der Waals surface area contributed by atoms with Crippen LogP contribution in [0.2, 0.25) is 0 Å². The van der Waals surface area contributed by atoms with Crippen molar-refractivity contribution in [3.05, 3.63) is 0 Å². The van der Waals surface area contributed by atoms with Gasteiger partial charge in [0, 0.05) is 29.6 Å². The molecule has 0 bridgehead atoms. The first-order valence-corrected chi connectivity index (χ1v) is 6.02. The van der Waals surface area contributed by atoms with E-state index in [-0.39, 0.29) is 9.82 Å². The van der Waals surface area contributed by atoms with Gasteiger partial charge in [-0.1, -0.05) is 0 Å². The van der Waals surface area contributed by atoms with Crippen molar-refractivity contribution in [1.82, 2.24) is 16.0 Å². The number of carbonyl (C=O) groups is 2. The van der Waals surface area contributed by atoms with Crippen molar-refractivity contribution in [1.29, 1.82) is 0 Å². The second-order valence-electron chi connectivity index (χ2n) is 3.18. The van der Waals surface area contributed by atoms with Crippen molar-refractivity contribution in [2.45, 2.75) is 25.3 Å². The fraction of sp³-hybridized carbons (Fsp3) is 0.778. The van der Waals surface area contributed by atoms with Crippen molar-refractivity contribution in [2.24, 2.45) is 0 Å². The summed E-state index contributed by atoms with van der Waals surface area (Å²) in [6.07, 6.45) is 2.59. The van der Waals surface area contributed by atoms with Gasteiger partial charge in [0.25, 0.3) is 3.91 Å². The average Bonchev–Trinajstić information content (AvgIpc) is 2.21. The number of amides is 2. The molecule has 2 amide bonds. The Morgan fingerprint density at radius 2 is 1.93 bits per heavy atom. The summed E-state index contributed by atoms with van der Waals surface area (Å²) >= 11 is 1.63. The Bertz CT molecular complexity index is 212. The predicted octanol–water partition coefficient (Wildman–Crippen LogP) is 0.635. The van der Waals surface area contributed by atoms with E-state index in [0.29, 0.717) is 6.42 Å². The summed E-state index contributed by atoms with van der Waals surface area (Å²) in [5.41, 5.74) is 0. The van der Waals surface area contributed by atoms with Gasteiger partial charge in [-0.3, -0.25) is 9.59 Å². The topological polar surface area (TPSA) is 70.2 Å². The molecule has 0 aromatic heterocycles. The summed E-state index contributed by atoms with van der Waals surface area (Å²) in [6.45, 7) is 0.929. The average molecular weight is 327 g/mol. The lowest BCUT2D eigenvalue weighted by molar-refractivity contribution is -0.122. The molecule has 3 N–H and O–H groups in total. The molecular formula is C9H18IN3O2. The summed E-state index contributed by atoms with van der Waals surface area (Å²) < 4.78 is -0.199. The van der Waals surface area contributed by atoms with E-state index >= 15 is 0 Å². The Labute approximate surface area is 104 Å². The van der Waals surface area contributed by atoms with Crippen LogP contribution >= 0.6 is 22.6 Å². The van der Waals surface area contributed by atoms with Gasteiger partial charge in [0.2, 0.25) is 5.91 Å². The summed E-state index contributed by atoms with van der Waals surface area (Å²) in [6, 6.07) is -0.406. The number of likely N-dealkylation sites (N-methyl/N-ethyl adjacent to an activating group) is 1. The minimum atomic E-state index is -0.406. The summed E-state index contributed by atoms with van der Waals surface area (Å²) in [5, 5.41) is 8.20. The van der Waals surface area contributed by atoms with Gasteiger partial charge in [0.05, 0.1) is 0 Å². The number of carbonyl (C=O) groups excluding carboxylic acids is 2. The monoisotopic (exact) mass is 327 g/mol. The Morgan fingerprint density at radius 1 is 1.27 bits per heavy atom. The second kappa shape index (κ2) is 8.90. The maximum Gasteiger partial charge on any atom is 0.281 e. The van der Waals surface area contributed by atoms with Gasteiger partial charge in [0.15, 0.2) is 0 Å². The smallest absolute Gasteiger partial charge is 0.281 e. The fourth-order valence-electron chi connectivity index (χ4n) is 1.23. The van der Waals surface area contributed by atoms with E-state index in [2.05, 4.69) is 16.0 Å².